The number of nitrogens with zero attached hydrogens (tertiary/aromatic N) is 1. The van der Waals surface area contributed by atoms with Crippen LogP contribution in [0, 0.1) is 5.92 Å². The molecule has 1 rings (SSSR count). The van der Waals surface area contributed by atoms with Gasteiger partial charge in [-0.1, -0.05) is 38.8 Å². The van der Waals surface area contributed by atoms with Gasteiger partial charge >= 0.3 is 0 Å². The van der Waals surface area contributed by atoms with Gasteiger partial charge in [0.25, 0.3) is 0 Å². The summed E-state index contributed by atoms with van der Waals surface area (Å²) in [6.45, 7) is 8.89. The molecule has 0 aliphatic carbocycles. The van der Waals surface area contributed by atoms with Crippen molar-refractivity contribution in [2.75, 3.05) is 13.2 Å². The van der Waals surface area contributed by atoms with Crippen molar-refractivity contribution in [3.8, 4) is 5.88 Å². The number of hydrogen-bond acceptors (Lipinski definition) is 3. The average molecular weight is 285 g/mol. The molecule has 1 aromatic heterocycles. The molecule has 1 unspecified atom stereocenters. The van der Waals surface area contributed by atoms with E-state index < -0.39 is 0 Å². The Morgan fingerprint density at radius 3 is 2.79 bits per heavy atom. The van der Waals surface area contributed by atoms with Crippen molar-refractivity contribution in [3.05, 3.63) is 22.8 Å². The highest BCUT2D eigenvalue weighted by atomic mass is 35.5. The number of aromatic nitrogens is 1. The Bertz CT molecular complexity index is 371. The zero-order valence-corrected chi connectivity index (χ0v) is 13.0. The lowest BCUT2D eigenvalue weighted by Gasteiger charge is -2.13. The van der Waals surface area contributed by atoms with Gasteiger partial charge in [0.15, 0.2) is 0 Å². The molecule has 0 fully saturated rings. The first-order valence-corrected chi connectivity index (χ1v) is 7.54. The van der Waals surface area contributed by atoms with Crippen LogP contribution in [0.2, 0.25) is 5.02 Å². The molecular formula is C15H25ClN2O. The zero-order chi connectivity index (χ0) is 14.1. The summed E-state index contributed by atoms with van der Waals surface area (Å²) in [5, 5.41) is 3.99. The Morgan fingerprint density at radius 1 is 1.32 bits per heavy atom. The summed E-state index contributed by atoms with van der Waals surface area (Å²) in [4.78, 5) is 4.46. The first kappa shape index (κ1) is 16.3. The van der Waals surface area contributed by atoms with E-state index in [1.54, 1.807) is 0 Å². The summed E-state index contributed by atoms with van der Waals surface area (Å²) in [5.41, 5.74) is 0.857. The summed E-state index contributed by atoms with van der Waals surface area (Å²) in [5.74, 6) is 1.23. The molecular weight excluding hydrogens is 260 g/mol. The van der Waals surface area contributed by atoms with E-state index in [0.717, 1.165) is 18.7 Å². The molecule has 0 aliphatic rings. The van der Waals surface area contributed by atoms with Gasteiger partial charge in [-0.15, -0.1) is 0 Å². The normalized spacial score (nSPS) is 12.4. The smallest absolute Gasteiger partial charge is 0.213 e. The van der Waals surface area contributed by atoms with E-state index in [1.165, 1.54) is 12.8 Å². The minimum Gasteiger partial charge on any atom is -0.477 e. The molecule has 1 aromatic rings. The van der Waals surface area contributed by atoms with E-state index in [4.69, 9.17) is 16.3 Å². The predicted octanol–water partition coefficient (Wildman–Crippen LogP) is 4.05. The Kier molecular flexibility index (Phi) is 7.84. The molecule has 0 aromatic carbocycles. The van der Waals surface area contributed by atoms with Crippen molar-refractivity contribution in [3.63, 3.8) is 0 Å². The number of ether oxygens (including phenoxy) is 1. The van der Waals surface area contributed by atoms with Crippen molar-refractivity contribution in [2.24, 2.45) is 5.92 Å². The molecule has 1 N–H and O–H groups in total. The Labute approximate surface area is 121 Å². The van der Waals surface area contributed by atoms with Gasteiger partial charge < -0.3 is 10.1 Å². The van der Waals surface area contributed by atoms with E-state index in [9.17, 15) is 0 Å². The molecule has 0 radical (unpaired) electrons. The van der Waals surface area contributed by atoms with Crippen molar-refractivity contribution in [2.45, 2.75) is 46.6 Å². The van der Waals surface area contributed by atoms with Gasteiger partial charge in [-0.25, -0.2) is 4.98 Å². The highest BCUT2D eigenvalue weighted by Crippen LogP contribution is 2.19. The molecule has 19 heavy (non-hydrogen) atoms. The van der Waals surface area contributed by atoms with Crippen LogP contribution in [0.25, 0.3) is 0 Å². The van der Waals surface area contributed by atoms with E-state index in [0.29, 0.717) is 30.0 Å². The molecule has 0 saturated heterocycles. The van der Waals surface area contributed by atoms with Crippen LogP contribution in [-0.2, 0) is 6.54 Å². The molecule has 1 atom stereocenters. The average Bonchev–Trinajstić information content (AvgIpc) is 2.40. The largest absolute Gasteiger partial charge is 0.477 e. The fourth-order valence-corrected chi connectivity index (χ4v) is 2.03. The SMILES string of the molecule is CCCNCc1nc(OCC(C)CCC)ccc1Cl. The summed E-state index contributed by atoms with van der Waals surface area (Å²) in [7, 11) is 0. The number of halogens is 1. The maximum absolute atomic E-state index is 6.13. The molecule has 0 amide bonds. The van der Waals surface area contributed by atoms with Crippen LogP contribution >= 0.6 is 11.6 Å². The molecule has 108 valence electrons. The maximum Gasteiger partial charge on any atom is 0.213 e. The fourth-order valence-electron chi connectivity index (χ4n) is 1.86. The number of pyridine rings is 1. The minimum absolute atomic E-state index is 0.559. The topological polar surface area (TPSA) is 34.2 Å². The molecule has 0 bridgehead atoms. The maximum atomic E-state index is 6.13. The van der Waals surface area contributed by atoms with Gasteiger partial charge in [-0.2, -0.15) is 0 Å². The van der Waals surface area contributed by atoms with Crippen molar-refractivity contribution in [1.82, 2.24) is 10.3 Å². The van der Waals surface area contributed by atoms with Crippen molar-refractivity contribution < 1.29 is 4.74 Å². The van der Waals surface area contributed by atoms with Gasteiger partial charge in [0.2, 0.25) is 5.88 Å². The minimum atomic E-state index is 0.559. The monoisotopic (exact) mass is 284 g/mol. The Hall–Kier alpha value is -0.800. The van der Waals surface area contributed by atoms with Crippen LogP contribution in [0.4, 0.5) is 0 Å². The first-order valence-electron chi connectivity index (χ1n) is 7.16. The third-order valence-corrected chi connectivity index (χ3v) is 3.25. The second-order valence-electron chi connectivity index (χ2n) is 4.96. The summed E-state index contributed by atoms with van der Waals surface area (Å²) >= 11 is 6.13. The first-order chi connectivity index (χ1) is 9.17. The highest BCUT2D eigenvalue weighted by molar-refractivity contribution is 6.31. The van der Waals surface area contributed by atoms with Crippen LogP contribution < -0.4 is 10.1 Å². The quantitative estimate of drug-likeness (QED) is 0.695. The highest BCUT2D eigenvalue weighted by Gasteiger charge is 2.06. The predicted molar refractivity (Wildman–Crippen MR) is 80.8 cm³/mol. The molecule has 4 heteroatoms. The third-order valence-electron chi connectivity index (χ3n) is 2.91. The Balaban J connectivity index is 2.52. The van der Waals surface area contributed by atoms with E-state index in [2.05, 4.69) is 31.1 Å². The van der Waals surface area contributed by atoms with Crippen LogP contribution in [0.3, 0.4) is 0 Å². The van der Waals surface area contributed by atoms with E-state index in [-0.39, 0.29) is 0 Å². The zero-order valence-electron chi connectivity index (χ0n) is 12.2. The van der Waals surface area contributed by atoms with Crippen molar-refractivity contribution >= 4 is 11.6 Å². The summed E-state index contributed by atoms with van der Waals surface area (Å²) < 4.78 is 5.72. The third kappa shape index (κ3) is 6.26. The summed E-state index contributed by atoms with van der Waals surface area (Å²) in [6, 6.07) is 3.70. The number of nitrogens with one attached hydrogen (secondary N) is 1. The molecule has 0 aliphatic heterocycles. The molecule has 0 spiro atoms. The fraction of sp³-hybridized carbons (Fsp3) is 0.667. The van der Waals surface area contributed by atoms with E-state index in [1.807, 2.05) is 12.1 Å². The molecule has 3 nitrogen and oxygen atoms in total. The van der Waals surface area contributed by atoms with Crippen LogP contribution in [0.1, 0.15) is 45.7 Å². The second kappa shape index (κ2) is 9.16. The lowest BCUT2D eigenvalue weighted by atomic mass is 10.1. The van der Waals surface area contributed by atoms with Gasteiger partial charge in [-0.05, 0) is 31.4 Å². The van der Waals surface area contributed by atoms with Crippen LogP contribution in [0.15, 0.2) is 12.1 Å². The van der Waals surface area contributed by atoms with Crippen LogP contribution in [-0.4, -0.2) is 18.1 Å². The van der Waals surface area contributed by atoms with Gasteiger partial charge in [0.05, 0.1) is 17.3 Å². The number of rotatable bonds is 9. The molecule has 1 heterocycles. The lowest BCUT2D eigenvalue weighted by Crippen LogP contribution is -2.16. The van der Waals surface area contributed by atoms with Gasteiger partial charge in [0.1, 0.15) is 0 Å². The second-order valence-corrected chi connectivity index (χ2v) is 5.37. The van der Waals surface area contributed by atoms with E-state index >= 15 is 0 Å². The molecule has 0 saturated carbocycles. The van der Waals surface area contributed by atoms with Crippen molar-refractivity contribution in [1.29, 1.82) is 0 Å². The van der Waals surface area contributed by atoms with Gasteiger partial charge in [-0.3, -0.25) is 0 Å². The Morgan fingerprint density at radius 2 is 2.11 bits per heavy atom. The van der Waals surface area contributed by atoms with Crippen LogP contribution in [0.5, 0.6) is 5.88 Å². The number of hydrogen-bond donors (Lipinski definition) is 1. The summed E-state index contributed by atoms with van der Waals surface area (Å²) in [6.07, 6.45) is 3.46. The van der Waals surface area contributed by atoms with Gasteiger partial charge in [0, 0.05) is 12.6 Å². The standard InChI is InChI=1S/C15H25ClN2O/c1-4-6-12(3)11-19-15-8-7-13(16)14(18-15)10-17-9-5-2/h7-8,12,17H,4-6,9-11H2,1-3H3. The lowest BCUT2D eigenvalue weighted by molar-refractivity contribution is 0.242.